The average Bonchev–Trinajstić information content (AvgIpc) is 2.85. The Labute approximate surface area is 113 Å². The number of rotatable bonds is 4. The van der Waals surface area contributed by atoms with Crippen LogP contribution in [-0.2, 0) is 17.7 Å². The summed E-state index contributed by atoms with van der Waals surface area (Å²) in [6.45, 7) is 4.33. The van der Waals surface area contributed by atoms with Crippen LogP contribution in [0.3, 0.4) is 0 Å². The molecule has 0 spiro atoms. The van der Waals surface area contributed by atoms with Crippen molar-refractivity contribution in [3.05, 3.63) is 59.0 Å². The summed E-state index contributed by atoms with van der Waals surface area (Å²) >= 11 is 0. The highest BCUT2D eigenvalue weighted by Gasteiger charge is 2.19. The molecule has 1 atom stereocenters. The number of hydrogen-bond acceptors (Lipinski definition) is 3. The van der Waals surface area contributed by atoms with Crippen LogP contribution in [0.4, 0.5) is 0 Å². The van der Waals surface area contributed by atoms with Gasteiger partial charge in [0.2, 0.25) is 0 Å². The highest BCUT2D eigenvalue weighted by atomic mass is 16.5. The van der Waals surface area contributed by atoms with Crippen molar-refractivity contribution in [1.29, 1.82) is 0 Å². The second kappa shape index (κ2) is 5.59. The number of aryl methyl sites for hydroxylation is 1. The fourth-order valence-corrected chi connectivity index (χ4v) is 2.55. The van der Waals surface area contributed by atoms with Gasteiger partial charge in [0.05, 0.1) is 19.3 Å². The van der Waals surface area contributed by atoms with E-state index in [2.05, 4.69) is 29.6 Å². The summed E-state index contributed by atoms with van der Waals surface area (Å²) in [7, 11) is 0. The summed E-state index contributed by atoms with van der Waals surface area (Å²) in [5, 5.41) is 3.41. The monoisotopic (exact) mass is 257 g/mol. The Kier molecular flexibility index (Phi) is 3.67. The van der Waals surface area contributed by atoms with Crippen LogP contribution in [0.2, 0.25) is 0 Å². The minimum Gasteiger partial charge on any atom is -0.465 e. The van der Waals surface area contributed by atoms with Crippen LogP contribution in [0.5, 0.6) is 0 Å². The fourth-order valence-electron chi connectivity index (χ4n) is 2.55. The van der Waals surface area contributed by atoms with Crippen LogP contribution in [-0.4, -0.2) is 13.2 Å². The quantitative estimate of drug-likeness (QED) is 0.914. The minimum atomic E-state index is 0.154. The van der Waals surface area contributed by atoms with E-state index in [0.717, 1.165) is 37.6 Å². The molecule has 2 aromatic rings. The van der Waals surface area contributed by atoms with Gasteiger partial charge in [-0.2, -0.15) is 0 Å². The van der Waals surface area contributed by atoms with Gasteiger partial charge in [0.25, 0.3) is 0 Å². The third kappa shape index (κ3) is 2.88. The molecule has 3 rings (SSSR count). The van der Waals surface area contributed by atoms with Gasteiger partial charge in [-0.25, -0.2) is 0 Å². The smallest absolute Gasteiger partial charge is 0.117 e. The second-order valence-electron chi connectivity index (χ2n) is 4.95. The number of ether oxygens (including phenoxy) is 1. The van der Waals surface area contributed by atoms with Gasteiger partial charge in [0.15, 0.2) is 0 Å². The van der Waals surface area contributed by atoms with Crippen LogP contribution >= 0.6 is 0 Å². The Balaban J connectivity index is 1.59. The summed E-state index contributed by atoms with van der Waals surface area (Å²) in [6, 6.07) is 12.5. The van der Waals surface area contributed by atoms with Crippen LogP contribution in [0, 0.1) is 6.92 Å². The number of benzene rings is 1. The first-order valence-corrected chi connectivity index (χ1v) is 6.78. The van der Waals surface area contributed by atoms with E-state index in [4.69, 9.17) is 9.15 Å². The maximum atomic E-state index is 5.85. The zero-order chi connectivity index (χ0) is 13.1. The summed E-state index contributed by atoms with van der Waals surface area (Å²) in [5.41, 5.74) is 2.73. The van der Waals surface area contributed by atoms with Crippen molar-refractivity contribution in [2.24, 2.45) is 0 Å². The first kappa shape index (κ1) is 12.5. The molecule has 1 aromatic carbocycles. The van der Waals surface area contributed by atoms with Crippen molar-refractivity contribution < 1.29 is 9.15 Å². The molecule has 1 aliphatic rings. The normalized spacial score (nSPS) is 18.3. The zero-order valence-electron chi connectivity index (χ0n) is 11.2. The Morgan fingerprint density at radius 2 is 2.11 bits per heavy atom. The molecule has 3 nitrogen and oxygen atoms in total. The molecule has 1 N–H and O–H groups in total. The van der Waals surface area contributed by atoms with Crippen molar-refractivity contribution >= 4 is 0 Å². The lowest BCUT2D eigenvalue weighted by atomic mass is 9.97. The van der Waals surface area contributed by atoms with E-state index in [1.807, 2.05) is 19.1 Å². The van der Waals surface area contributed by atoms with Crippen molar-refractivity contribution in [1.82, 2.24) is 5.32 Å². The molecule has 0 amide bonds. The maximum absolute atomic E-state index is 5.85. The van der Waals surface area contributed by atoms with Gasteiger partial charge in [0.1, 0.15) is 11.5 Å². The molecule has 0 saturated heterocycles. The number of nitrogens with one attached hydrogen (secondary N) is 1. The standard InChI is InChI=1S/C16H19NO2/c1-12-6-7-14(19-12)10-17-11-16-15-5-3-2-4-13(15)8-9-18-16/h2-7,16-17H,8-11H2,1H3. The summed E-state index contributed by atoms with van der Waals surface area (Å²) < 4.78 is 11.4. The SMILES string of the molecule is Cc1ccc(CNCC2OCCc3ccccc32)o1. The van der Waals surface area contributed by atoms with Gasteiger partial charge < -0.3 is 14.5 Å². The van der Waals surface area contributed by atoms with E-state index in [-0.39, 0.29) is 6.10 Å². The zero-order valence-corrected chi connectivity index (χ0v) is 11.2. The van der Waals surface area contributed by atoms with E-state index in [1.54, 1.807) is 0 Å². The van der Waals surface area contributed by atoms with Gasteiger partial charge >= 0.3 is 0 Å². The Bertz CT molecular complexity index is 547. The molecule has 0 aliphatic carbocycles. The van der Waals surface area contributed by atoms with Gasteiger partial charge in [-0.3, -0.25) is 0 Å². The van der Waals surface area contributed by atoms with Crippen molar-refractivity contribution in [3.63, 3.8) is 0 Å². The first-order valence-electron chi connectivity index (χ1n) is 6.78. The molecule has 3 heteroatoms. The van der Waals surface area contributed by atoms with Crippen LogP contribution in [0.25, 0.3) is 0 Å². The Hall–Kier alpha value is -1.58. The van der Waals surface area contributed by atoms with E-state index >= 15 is 0 Å². The van der Waals surface area contributed by atoms with Crippen molar-refractivity contribution in [2.45, 2.75) is 26.0 Å². The van der Waals surface area contributed by atoms with E-state index in [9.17, 15) is 0 Å². The molecule has 0 radical (unpaired) electrons. The van der Waals surface area contributed by atoms with E-state index in [1.165, 1.54) is 11.1 Å². The molecule has 1 unspecified atom stereocenters. The number of fused-ring (bicyclic) bond motifs is 1. The van der Waals surface area contributed by atoms with Crippen LogP contribution in [0.15, 0.2) is 40.8 Å². The molecule has 0 fully saturated rings. The topological polar surface area (TPSA) is 34.4 Å². The second-order valence-corrected chi connectivity index (χ2v) is 4.95. The Morgan fingerprint density at radius 3 is 2.95 bits per heavy atom. The molecule has 100 valence electrons. The van der Waals surface area contributed by atoms with E-state index < -0.39 is 0 Å². The highest BCUT2D eigenvalue weighted by molar-refractivity contribution is 5.31. The first-order chi connectivity index (χ1) is 9.33. The number of hydrogen-bond donors (Lipinski definition) is 1. The highest BCUT2D eigenvalue weighted by Crippen LogP contribution is 2.26. The van der Waals surface area contributed by atoms with Crippen molar-refractivity contribution in [2.75, 3.05) is 13.2 Å². The predicted octanol–water partition coefficient (Wildman–Crippen LogP) is 2.99. The largest absolute Gasteiger partial charge is 0.465 e. The predicted molar refractivity (Wildman–Crippen MR) is 74.0 cm³/mol. The lowest BCUT2D eigenvalue weighted by molar-refractivity contribution is 0.0421. The third-order valence-corrected chi connectivity index (χ3v) is 3.52. The molecule has 19 heavy (non-hydrogen) atoms. The molecule has 2 heterocycles. The molecular weight excluding hydrogens is 238 g/mol. The lowest BCUT2D eigenvalue weighted by Crippen LogP contribution is -2.27. The summed E-state index contributed by atoms with van der Waals surface area (Å²) in [6.07, 6.45) is 1.17. The molecule has 0 saturated carbocycles. The summed E-state index contributed by atoms with van der Waals surface area (Å²) in [5.74, 6) is 1.93. The third-order valence-electron chi connectivity index (χ3n) is 3.52. The molecule has 0 bridgehead atoms. The van der Waals surface area contributed by atoms with Crippen LogP contribution < -0.4 is 5.32 Å². The molecular formula is C16H19NO2. The molecule has 1 aromatic heterocycles. The molecule has 1 aliphatic heterocycles. The lowest BCUT2D eigenvalue weighted by Gasteiger charge is -2.26. The fraction of sp³-hybridized carbons (Fsp3) is 0.375. The van der Waals surface area contributed by atoms with Gasteiger partial charge in [-0.05, 0) is 36.6 Å². The van der Waals surface area contributed by atoms with Crippen molar-refractivity contribution in [3.8, 4) is 0 Å². The summed E-state index contributed by atoms with van der Waals surface area (Å²) in [4.78, 5) is 0. The van der Waals surface area contributed by atoms with Crippen LogP contribution in [0.1, 0.15) is 28.8 Å². The van der Waals surface area contributed by atoms with Gasteiger partial charge in [-0.15, -0.1) is 0 Å². The Morgan fingerprint density at radius 1 is 1.21 bits per heavy atom. The van der Waals surface area contributed by atoms with Gasteiger partial charge in [0, 0.05) is 6.54 Å². The average molecular weight is 257 g/mol. The van der Waals surface area contributed by atoms with E-state index in [0.29, 0.717) is 0 Å². The number of furan rings is 1. The minimum absolute atomic E-state index is 0.154. The maximum Gasteiger partial charge on any atom is 0.117 e. The van der Waals surface area contributed by atoms with Gasteiger partial charge in [-0.1, -0.05) is 24.3 Å².